The van der Waals surface area contributed by atoms with E-state index in [9.17, 15) is 0 Å². The molecule has 98 valence electrons. The minimum absolute atomic E-state index is 0.0237. The van der Waals surface area contributed by atoms with E-state index >= 15 is 0 Å². The third-order valence-electron chi connectivity index (χ3n) is 5.63. The fourth-order valence-electron chi connectivity index (χ4n) is 5.19. The second-order valence-electron chi connectivity index (χ2n) is 6.97. The Hall–Kier alpha value is -0.830. The molecule has 1 aromatic heterocycles. The number of imidazole rings is 1. The van der Waals surface area contributed by atoms with Gasteiger partial charge in [-0.1, -0.05) is 0 Å². The number of rotatable bonds is 2. The van der Waals surface area contributed by atoms with Crippen molar-refractivity contribution < 1.29 is 0 Å². The molecule has 1 aromatic rings. The highest BCUT2D eigenvalue weighted by Crippen LogP contribution is 2.59. The quantitative estimate of drug-likeness (QED) is 0.841. The maximum Gasteiger partial charge on any atom is 0.122 e. The third kappa shape index (κ3) is 1.56. The zero-order chi connectivity index (χ0) is 12.3. The average molecular weight is 245 g/mol. The monoisotopic (exact) mass is 245 g/mol. The number of nitrogens with two attached hydrogens (primary N) is 1. The zero-order valence-corrected chi connectivity index (χ0v) is 11.1. The summed E-state index contributed by atoms with van der Waals surface area (Å²) in [5.41, 5.74) is 7.28. The van der Waals surface area contributed by atoms with E-state index in [1.54, 1.807) is 0 Å². The Labute approximate surface area is 109 Å². The molecular weight excluding hydrogens is 222 g/mol. The van der Waals surface area contributed by atoms with Crippen molar-refractivity contribution in [1.82, 2.24) is 9.97 Å². The lowest BCUT2D eigenvalue weighted by Gasteiger charge is -2.54. The minimum Gasteiger partial charge on any atom is -0.344 e. The lowest BCUT2D eigenvalue weighted by atomic mass is 9.51. The van der Waals surface area contributed by atoms with Gasteiger partial charge in [-0.05, 0) is 62.7 Å². The van der Waals surface area contributed by atoms with Gasteiger partial charge in [0.15, 0.2) is 0 Å². The number of hydrogen-bond donors (Lipinski definition) is 2. The Kier molecular flexibility index (Phi) is 2.35. The molecule has 0 radical (unpaired) electrons. The van der Waals surface area contributed by atoms with Gasteiger partial charge in [-0.3, -0.25) is 0 Å². The Morgan fingerprint density at radius 1 is 1.17 bits per heavy atom. The van der Waals surface area contributed by atoms with Crippen molar-refractivity contribution in [2.24, 2.45) is 29.4 Å². The topological polar surface area (TPSA) is 54.7 Å². The number of hydrogen-bond acceptors (Lipinski definition) is 2. The van der Waals surface area contributed by atoms with Crippen LogP contribution in [0.2, 0.25) is 0 Å². The van der Waals surface area contributed by atoms with Crippen molar-refractivity contribution in [3.63, 3.8) is 0 Å². The molecule has 0 aliphatic heterocycles. The number of aromatic amines is 1. The first-order chi connectivity index (χ1) is 8.70. The highest BCUT2D eigenvalue weighted by molar-refractivity contribution is 5.17. The molecule has 3 nitrogen and oxygen atoms in total. The van der Waals surface area contributed by atoms with Crippen molar-refractivity contribution in [2.45, 2.75) is 51.0 Å². The van der Waals surface area contributed by atoms with Crippen LogP contribution in [0.1, 0.15) is 62.5 Å². The molecule has 4 saturated carbocycles. The molecule has 5 rings (SSSR count). The predicted molar refractivity (Wildman–Crippen MR) is 71.0 cm³/mol. The van der Waals surface area contributed by atoms with Crippen LogP contribution in [0.25, 0.3) is 0 Å². The van der Waals surface area contributed by atoms with Crippen LogP contribution in [0.5, 0.6) is 0 Å². The summed E-state index contributed by atoms with van der Waals surface area (Å²) in [5.74, 6) is 5.63. The van der Waals surface area contributed by atoms with E-state index in [-0.39, 0.29) is 6.04 Å². The van der Waals surface area contributed by atoms with Crippen LogP contribution in [0.15, 0.2) is 6.20 Å². The Morgan fingerprint density at radius 3 is 2.28 bits per heavy atom. The van der Waals surface area contributed by atoms with Crippen molar-refractivity contribution in [1.29, 1.82) is 0 Å². The van der Waals surface area contributed by atoms with Gasteiger partial charge in [-0.2, -0.15) is 0 Å². The summed E-state index contributed by atoms with van der Waals surface area (Å²) in [5, 5.41) is 0. The van der Waals surface area contributed by atoms with Gasteiger partial charge in [0.2, 0.25) is 0 Å². The molecule has 0 spiro atoms. The number of H-pyrrole nitrogens is 1. The second kappa shape index (κ2) is 3.83. The molecule has 18 heavy (non-hydrogen) atoms. The summed E-state index contributed by atoms with van der Waals surface area (Å²) < 4.78 is 0. The van der Waals surface area contributed by atoms with Crippen LogP contribution in [0, 0.1) is 23.7 Å². The summed E-state index contributed by atoms with van der Waals surface area (Å²) >= 11 is 0. The first kappa shape index (κ1) is 11.0. The number of aromatic nitrogens is 2. The van der Waals surface area contributed by atoms with Gasteiger partial charge < -0.3 is 10.7 Å². The normalized spacial score (nSPS) is 43.3. The van der Waals surface area contributed by atoms with Gasteiger partial charge in [-0.25, -0.2) is 4.98 Å². The molecule has 4 bridgehead atoms. The molecule has 0 amide bonds. The van der Waals surface area contributed by atoms with E-state index in [1.165, 1.54) is 37.8 Å². The summed E-state index contributed by atoms with van der Waals surface area (Å²) in [7, 11) is 0. The maximum atomic E-state index is 5.91. The van der Waals surface area contributed by atoms with Crippen LogP contribution in [-0.4, -0.2) is 9.97 Å². The lowest BCUT2D eigenvalue weighted by Crippen LogP contribution is -2.43. The van der Waals surface area contributed by atoms with E-state index in [0.717, 1.165) is 35.4 Å². The van der Waals surface area contributed by atoms with Crippen LogP contribution in [-0.2, 0) is 0 Å². The van der Waals surface area contributed by atoms with E-state index in [4.69, 9.17) is 5.73 Å². The minimum atomic E-state index is 0.0237. The molecule has 1 heterocycles. The Bertz CT molecular complexity index is 420. The average Bonchev–Trinajstić information content (AvgIpc) is 2.77. The van der Waals surface area contributed by atoms with Gasteiger partial charge >= 0.3 is 0 Å². The highest BCUT2D eigenvalue weighted by atomic mass is 15.0. The van der Waals surface area contributed by atoms with Crippen molar-refractivity contribution >= 4 is 0 Å². The second-order valence-corrected chi connectivity index (χ2v) is 6.97. The van der Waals surface area contributed by atoms with Crippen molar-refractivity contribution in [2.75, 3.05) is 0 Å². The third-order valence-corrected chi connectivity index (χ3v) is 5.63. The molecule has 1 atom stereocenters. The number of nitrogens with one attached hydrogen (secondary N) is 1. The lowest BCUT2D eigenvalue weighted by molar-refractivity contribution is -0.00406. The molecular formula is C15H23N3. The molecule has 4 aliphatic carbocycles. The smallest absolute Gasteiger partial charge is 0.122 e. The highest BCUT2D eigenvalue weighted by Gasteiger charge is 2.49. The molecule has 4 aliphatic rings. The van der Waals surface area contributed by atoms with Crippen molar-refractivity contribution in [3.8, 4) is 0 Å². The van der Waals surface area contributed by atoms with Gasteiger partial charge in [0.1, 0.15) is 5.82 Å². The number of nitrogens with zero attached hydrogens (tertiary/aromatic N) is 1. The predicted octanol–water partition coefficient (Wildman–Crippen LogP) is 2.97. The molecule has 4 fully saturated rings. The molecule has 0 aromatic carbocycles. The molecule has 3 heteroatoms. The van der Waals surface area contributed by atoms with Gasteiger partial charge in [0.05, 0.1) is 6.04 Å². The van der Waals surface area contributed by atoms with E-state index in [0.29, 0.717) is 0 Å². The van der Waals surface area contributed by atoms with Gasteiger partial charge in [-0.15, -0.1) is 0 Å². The summed E-state index contributed by atoms with van der Waals surface area (Å²) in [4.78, 5) is 7.97. The van der Waals surface area contributed by atoms with E-state index < -0.39 is 0 Å². The van der Waals surface area contributed by atoms with E-state index in [2.05, 4.69) is 16.2 Å². The standard InChI is InChI=1S/C15H23N3/c1-8(16)15-17-7-13(18-15)14-11-3-9-2-10(5-11)6-12(14)4-9/h7-12,14H,2-6,16H2,1H3,(H,17,18). The maximum absolute atomic E-state index is 5.91. The van der Waals surface area contributed by atoms with Crippen LogP contribution in [0.4, 0.5) is 0 Å². The molecule has 3 N–H and O–H groups in total. The summed E-state index contributed by atoms with van der Waals surface area (Å²) in [6.45, 7) is 2.00. The van der Waals surface area contributed by atoms with Gasteiger partial charge in [0, 0.05) is 17.8 Å². The Balaban J connectivity index is 1.64. The summed E-state index contributed by atoms with van der Waals surface area (Å²) in [6.07, 6.45) is 9.43. The van der Waals surface area contributed by atoms with Crippen LogP contribution in [0.3, 0.4) is 0 Å². The van der Waals surface area contributed by atoms with Gasteiger partial charge in [0.25, 0.3) is 0 Å². The fraction of sp³-hybridized carbons (Fsp3) is 0.800. The Morgan fingerprint density at radius 2 is 1.78 bits per heavy atom. The largest absolute Gasteiger partial charge is 0.344 e. The molecule has 1 unspecified atom stereocenters. The first-order valence-corrected chi connectivity index (χ1v) is 7.51. The molecule has 0 saturated heterocycles. The van der Waals surface area contributed by atoms with Crippen LogP contribution < -0.4 is 5.73 Å². The fourth-order valence-corrected chi connectivity index (χ4v) is 5.19. The first-order valence-electron chi connectivity index (χ1n) is 7.51. The van der Waals surface area contributed by atoms with Crippen molar-refractivity contribution in [3.05, 3.63) is 17.7 Å². The SMILES string of the molecule is CC(N)c1ncc(C2C3CC4CC(C3)CC2C4)[nH]1. The zero-order valence-electron chi connectivity index (χ0n) is 11.1. The van der Waals surface area contributed by atoms with E-state index in [1.807, 2.05) is 6.92 Å². The summed E-state index contributed by atoms with van der Waals surface area (Å²) in [6, 6.07) is 0.0237. The van der Waals surface area contributed by atoms with Crippen LogP contribution >= 0.6 is 0 Å².